The van der Waals surface area contributed by atoms with Crippen LogP contribution in [0.1, 0.15) is 5.56 Å². The van der Waals surface area contributed by atoms with E-state index in [1.807, 2.05) is 0 Å². The molecule has 0 radical (unpaired) electrons. The number of hydrogen-bond donors (Lipinski definition) is 3. The van der Waals surface area contributed by atoms with Crippen molar-refractivity contribution in [2.24, 2.45) is 0 Å². The van der Waals surface area contributed by atoms with Crippen LogP contribution >= 0.6 is 11.6 Å². The van der Waals surface area contributed by atoms with E-state index in [0.29, 0.717) is 29.4 Å². The third kappa shape index (κ3) is 5.35. The number of amides is 2. The lowest BCUT2D eigenvalue weighted by molar-refractivity contribution is 0.252. The predicted molar refractivity (Wildman–Crippen MR) is 77.4 cm³/mol. The topological polar surface area (TPSA) is 87.3 Å². The number of urea groups is 1. The van der Waals surface area contributed by atoms with Gasteiger partial charge < -0.3 is 10.6 Å². The molecule has 0 saturated heterocycles. The molecule has 1 aromatic carbocycles. The Balaban J connectivity index is 2.86. The molecular formula is C11H16ClN3O3S. The fourth-order valence-electron chi connectivity index (χ4n) is 1.41. The van der Waals surface area contributed by atoms with Crippen molar-refractivity contribution in [3.8, 4) is 0 Å². The van der Waals surface area contributed by atoms with E-state index in [-0.39, 0.29) is 6.03 Å². The number of halogens is 1. The van der Waals surface area contributed by atoms with Gasteiger partial charge in [0.1, 0.15) is 0 Å². The van der Waals surface area contributed by atoms with Crippen LogP contribution in [0.3, 0.4) is 0 Å². The summed E-state index contributed by atoms with van der Waals surface area (Å²) in [4.78, 5) is 11.5. The Hall–Kier alpha value is -1.47. The van der Waals surface area contributed by atoms with Crippen LogP contribution in [0.4, 0.5) is 16.2 Å². The Morgan fingerprint density at radius 1 is 1.32 bits per heavy atom. The van der Waals surface area contributed by atoms with Gasteiger partial charge in [-0.25, -0.2) is 13.2 Å². The van der Waals surface area contributed by atoms with Gasteiger partial charge in [0.25, 0.3) is 0 Å². The second-order valence-electron chi connectivity index (χ2n) is 3.92. The molecule has 3 N–H and O–H groups in total. The summed E-state index contributed by atoms with van der Waals surface area (Å²) in [5, 5.41) is 5.18. The lowest BCUT2D eigenvalue weighted by Crippen LogP contribution is -2.30. The summed E-state index contributed by atoms with van der Waals surface area (Å²) < 4.78 is 24.8. The van der Waals surface area contributed by atoms with Crippen molar-refractivity contribution in [3.05, 3.63) is 23.8 Å². The van der Waals surface area contributed by atoms with Gasteiger partial charge in [-0.3, -0.25) is 4.72 Å². The fraction of sp³-hybridized carbons (Fsp3) is 0.364. The zero-order valence-electron chi connectivity index (χ0n) is 10.7. The van der Waals surface area contributed by atoms with Gasteiger partial charge in [-0.05, 0) is 24.6 Å². The Morgan fingerprint density at radius 2 is 1.95 bits per heavy atom. The van der Waals surface area contributed by atoms with Gasteiger partial charge in [0.05, 0.1) is 11.9 Å². The number of sulfonamides is 1. The molecule has 1 aromatic rings. The summed E-state index contributed by atoms with van der Waals surface area (Å²) in [6.07, 6.45) is 1.07. The third-order valence-corrected chi connectivity index (χ3v) is 3.04. The van der Waals surface area contributed by atoms with Crippen molar-refractivity contribution in [1.29, 1.82) is 0 Å². The minimum Gasteiger partial charge on any atom is -0.337 e. The molecule has 0 aliphatic rings. The molecule has 0 heterocycles. The van der Waals surface area contributed by atoms with Crippen LogP contribution < -0.4 is 15.4 Å². The number of rotatable bonds is 5. The zero-order valence-corrected chi connectivity index (χ0v) is 12.2. The average Bonchev–Trinajstić information content (AvgIpc) is 2.30. The van der Waals surface area contributed by atoms with Crippen molar-refractivity contribution >= 4 is 39.0 Å². The highest BCUT2D eigenvalue weighted by Crippen LogP contribution is 2.23. The molecule has 2 amide bonds. The quantitative estimate of drug-likeness (QED) is 0.724. The maximum absolute atomic E-state index is 11.5. The molecule has 0 unspecified atom stereocenters. The van der Waals surface area contributed by atoms with E-state index in [1.54, 1.807) is 25.1 Å². The van der Waals surface area contributed by atoms with Crippen LogP contribution in [-0.2, 0) is 10.0 Å². The van der Waals surface area contributed by atoms with E-state index < -0.39 is 10.0 Å². The monoisotopic (exact) mass is 305 g/mol. The summed E-state index contributed by atoms with van der Waals surface area (Å²) >= 11 is 5.46. The normalized spacial score (nSPS) is 10.9. The van der Waals surface area contributed by atoms with Gasteiger partial charge in [0.2, 0.25) is 10.0 Å². The Morgan fingerprint density at radius 3 is 2.53 bits per heavy atom. The van der Waals surface area contributed by atoms with Crippen LogP contribution in [0.5, 0.6) is 0 Å². The van der Waals surface area contributed by atoms with Crippen molar-refractivity contribution in [2.45, 2.75) is 6.92 Å². The molecule has 19 heavy (non-hydrogen) atoms. The molecule has 0 spiro atoms. The van der Waals surface area contributed by atoms with Gasteiger partial charge in [-0.15, -0.1) is 11.6 Å². The van der Waals surface area contributed by atoms with Gasteiger partial charge in [-0.1, -0.05) is 6.07 Å². The summed E-state index contributed by atoms with van der Waals surface area (Å²) in [7, 11) is -3.35. The number of nitrogens with one attached hydrogen (secondary N) is 3. The van der Waals surface area contributed by atoms with E-state index in [4.69, 9.17) is 11.6 Å². The maximum atomic E-state index is 11.5. The SMILES string of the molecule is Cc1c(NC(=O)NCCCl)cccc1NS(C)(=O)=O. The average molecular weight is 306 g/mol. The minimum absolute atomic E-state index is 0.322. The van der Waals surface area contributed by atoms with Crippen LogP contribution in [0.2, 0.25) is 0 Å². The zero-order chi connectivity index (χ0) is 14.5. The second kappa shape index (κ2) is 6.63. The van der Waals surface area contributed by atoms with Crippen molar-refractivity contribution in [2.75, 3.05) is 28.7 Å². The van der Waals surface area contributed by atoms with Crippen molar-refractivity contribution in [1.82, 2.24) is 5.32 Å². The highest BCUT2D eigenvalue weighted by atomic mass is 35.5. The standard InChI is InChI=1S/C11H16ClN3O3S/c1-8-9(14-11(16)13-7-6-12)4-3-5-10(8)15-19(2,17)18/h3-5,15H,6-7H2,1-2H3,(H2,13,14,16). The van der Waals surface area contributed by atoms with E-state index in [2.05, 4.69) is 15.4 Å². The van der Waals surface area contributed by atoms with Crippen molar-refractivity contribution < 1.29 is 13.2 Å². The lowest BCUT2D eigenvalue weighted by Gasteiger charge is -2.13. The van der Waals surface area contributed by atoms with Gasteiger partial charge in [-0.2, -0.15) is 0 Å². The summed E-state index contributed by atoms with van der Waals surface area (Å²) in [5.74, 6) is 0.322. The van der Waals surface area contributed by atoms with E-state index in [1.165, 1.54) is 0 Å². The smallest absolute Gasteiger partial charge is 0.319 e. The number of hydrogen-bond acceptors (Lipinski definition) is 3. The molecular weight excluding hydrogens is 290 g/mol. The number of carbonyl (C=O) groups is 1. The molecule has 106 valence electrons. The van der Waals surface area contributed by atoms with Crippen molar-refractivity contribution in [3.63, 3.8) is 0 Å². The third-order valence-electron chi connectivity index (χ3n) is 2.26. The molecule has 0 aliphatic heterocycles. The Labute approximate surface area is 117 Å². The summed E-state index contributed by atoms with van der Waals surface area (Å²) in [6.45, 7) is 2.07. The number of anilines is 2. The molecule has 0 atom stereocenters. The maximum Gasteiger partial charge on any atom is 0.319 e. The van der Waals surface area contributed by atoms with Crippen LogP contribution in [-0.4, -0.2) is 33.1 Å². The summed E-state index contributed by atoms with van der Waals surface area (Å²) in [6, 6.07) is 4.57. The van der Waals surface area contributed by atoms with E-state index >= 15 is 0 Å². The second-order valence-corrected chi connectivity index (χ2v) is 6.05. The predicted octanol–water partition coefficient (Wildman–Crippen LogP) is 1.73. The first-order chi connectivity index (χ1) is 8.83. The molecule has 0 bridgehead atoms. The van der Waals surface area contributed by atoms with Gasteiger partial charge >= 0.3 is 6.03 Å². The van der Waals surface area contributed by atoms with E-state index in [9.17, 15) is 13.2 Å². The molecule has 0 saturated carbocycles. The van der Waals surface area contributed by atoms with E-state index in [0.717, 1.165) is 6.26 Å². The molecule has 8 heteroatoms. The lowest BCUT2D eigenvalue weighted by atomic mass is 10.1. The molecule has 0 aliphatic carbocycles. The van der Waals surface area contributed by atoms with Gasteiger partial charge in [0.15, 0.2) is 0 Å². The number of carbonyl (C=O) groups excluding carboxylic acids is 1. The van der Waals surface area contributed by atoms with Crippen LogP contribution in [0.15, 0.2) is 18.2 Å². The number of benzene rings is 1. The molecule has 0 aromatic heterocycles. The molecule has 0 fully saturated rings. The first-order valence-corrected chi connectivity index (χ1v) is 7.94. The summed E-state index contributed by atoms with van der Waals surface area (Å²) in [5.41, 5.74) is 1.59. The highest BCUT2D eigenvalue weighted by molar-refractivity contribution is 7.92. The molecule has 1 rings (SSSR count). The minimum atomic E-state index is -3.35. The fourth-order valence-corrected chi connectivity index (χ4v) is 2.12. The largest absolute Gasteiger partial charge is 0.337 e. The van der Waals surface area contributed by atoms with Crippen LogP contribution in [0.25, 0.3) is 0 Å². The van der Waals surface area contributed by atoms with Crippen LogP contribution in [0, 0.1) is 6.92 Å². The highest BCUT2D eigenvalue weighted by Gasteiger charge is 2.09. The first-order valence-electron chi connectivity index (χ1n) is 5.51. The number of alkyl halides is 1. The van der Waals surface area contributed by atoms with Gasteiger partial charge in [0, 0.05) is 18.1 Å². The first kappa shape index (κ1) is 15.6. The Kier molecular flexibility index (Phi) is 5.44. The Bertz CT molecular complexity index is 560. The molecule has 6 nitrogen and oxygen atoms in total.